The number of carbonyl (C=O) groups is 2. The number of oxazole rings is 1. The van der Waals surface area contributed by atoms with E-state index >= 15 is 0 Å². The summed E-state index contributed by atoms with van der Waals surface area (Å²) in [5, 5.41) is 11.4. The van der Waals surface area contributed by atoms with Crippen LogP contribution in [0, 0.1) is 11.6 Å². The summed E-state index contributed by atoms with van der Waals surface area (Å²) in [6.07, 6.45) is -1.49. The number of nitrogens with two attached hydrogens (primary N) is 1. The molecular weight excluding hydrogens is 530 g/mol. The first-order valence-corrected chi connectivity index (χ1v) is 11.6. The first kappa shape index (κ1) is 29.2. The normalized spacial score (nSPS) is 11.8. The van der Waals surface area contributed by atoms with Gasteiger partial charge in [0.1, 0.15) is 11.6 Å². The monoisotopic (exact) mass is 555 g/mol. The molecule has 0 fully saturated rings. The van der Waals surface area contributed by atoms with E-state index in [0.717, 1.165) is 12.1 Å². The van der Waals surface area contributed by atoms with E-state index in [2.05, 4.69) is 15.0 Å². The van der Waals surface area contributed by atoms with Crippen LogP contribution in [0.1, 0.15) is 47.7 Å². The molecule has 3 rings (SSSR count). The van der Waals surface area contributed by atoms with E-state index in [1.165, 1.54) is 25.1 Å². The molecule has 0 spiro atoms. The van der Waals surface area contributed by atoms with Crippen molar-refractivity contribution >= 4 is 12.0 Å². The van der Waals surface area contributed by atoms with Crippen LogP contribution in [-0.4, -0.2) is 41.9 Å². The van der Waals surface area contributed by atoms with Crippen LogP contribution in [0.2, 0.25) is 0 Å². The molecule has 2 aromatic carbocycles. The molecule has 10 nitrogen and oxygen atoms in total. The molecule has 0 aliphatic carbocycles. The van der Waals surface area contributed by atoms with Crippen molar-refractivity contribution in [1.29, 1.82) is 0 Å². The maximum Gasteiger partial charge on any atom is 0.405 e. The van der Waals surface area contributed by atoms with Gasteiger partial charge in [0, 0.05) is 30.3 Å². The Morgan fingerprint density at radius 1 is 1.13 bits per heavy atom. The van der Waals surface area contributed by atoms with Crippen molar-refractivity contribution in [2.24, 2.45) is 5.73 Å². The second-order valence-electron chi connectivity index (χ2n) is 8.05. The number of alkyl halides is 2. The minimum atomic E-state index is -3.13. The molecule has 0 radical (unpaired) electrons. The lowest BCUT2D eigenvalue weighted by atomic mass is 10.2. The van der Waals surface area contributed by atoms with Crippen molar-refractivity contribution in [3.8, 4) is 23.0 Å². The number of aliphatic hydroxyl groups is 1. The largest absolute Gasteiger partial charge is 0.490 e. The zero-order chi connectivity index (χ0) is 28.5. The summed E-state index contributed by atoms with van der Waals surface area (Å²) in [6.45, 7) is -2.09. The topological polar surface area (TPSA) is 146 Å². The van der Waals surface area contributed by atoms with Crippen LogP contribution in [0.25, 0.3) is 11.5 Å². The number of halogens is 4. The highest BCUT2D eigenvalue weighted by molar-refractivity contribution is 5.94. The van der Waals surface area contributed by atoms with Crippen molar-refractivity contribution in [2.75, 3.05) is 13.2 Å². The fraction of sp³-hybridized carbons (Fsp3) is 0.320. The summed E-state index contributed by atoms with van der Waals surface area (Å²) in [5.41, 5.74) is 4.93. The second-order valence-corrected chi connectivity index (χ2v) is 8.05. The number of hydrogen-bond acceptors (Lipinski definition) is 8. The van der Waals surface area contributed by atoms with Gasteiger partial charge < -0.3 is 34.8 Å². The van der Waals surface area contributed by atoms with E-state index in [1.807, 2.05) is 0 Å². The molecule has 1 heterocycles. The van der Waals surface area contributed by atoms with Crippen molar-refractivity contribution < 1.29 is 50.9 Å². The predicted molar refractivity (Wildman–Crippen MR) is 127 cm³/mol. The number of aromatic nitrogens is 1. The highest BCUT2D eigenvalue weighted by Crippen LogP contribution is 2.35. The lowest BCUT2D eigenvalue weighted by Crippen LogP contribution is -2.26. The molecule has 39 heavy (non-hydrogen) atoms. The zero-order valence-corrected chi connectivity index (χ0v) is 20.6. The molecule has 1 aromatic heterocycles. The number of aliphatic hydroxyl groups excluding tert-OH is 1. The SMILES string of the molecule is CC(OC(N)=O)c1oc(-c2ccc(OC(F)F)c(OCCCCO)c2)nc1C(=O)NCc1ccc(F)cc1F. The minimum absolute atomic E-state index is 0.00550. The smallest absolute Gasteiger partial charge is 0.405 e. The quantitative estimate of drug-likeness (QED) is 0.207. The number of benzene rings is 2. The third-order valence-electron chi connectivity index (χ3n) is 5.20. The van der Waals surface area contributed by atoms with Crippen LogP contribution < -0.4 is 20.5 Å². The highest BCUT2D eigenvalue weighted by atomic mass is 19.3. The molecule has 210 valence electrons. The fourth-order valence-electron chi connectivity index (χ4n) is 3.39. The maximum absolute atomic E-state index is 14.0. The first-order chi connectivity index (χ1) is 18.6. The van der Waals surface area contributed by atoms with Gasteiger partial charge in [-0.25, -0.2) is 18.6 Å². The Morgan fingerprint density at radius 3 is 2.56 bits per heavy atom. The van der Waals surface area contributed by atoms with Gasteiger partial charge in [0.15, 0.2) is 29.1 Å². The summed E-state index contributed by atoms with van der Waals surface area (Å²) in [5.74, 6) is -3.24. The Kier molecular flexibility index (Phi) is 10.1. The summed E-state index contributed by atoms with van der Waals surface area (Å²) >= 11 is 0. The van der Waals surface area contributed by atoms with Gasteiger partial charge in [-0.3, -0.25) is 4.79 Å². The third-order valence-corrected chi connectivity index (χ3v) is 5.20. The van der Waals surface area contributed by atoms with E-state index in [1.54, 1.807) is 0 Å². The number of rotatable bonds is 13. The number of nitrogens with one attached hydrogen (secondary N) is 1. The number of amides is 2. The third kappa shape index (κ3) is 8.07. The molecule has 0 bridgehead atoms. The summed E-state index contributed by atoms with van der Waals surface area (Å²) < 4.78 is 73.5. The Balaban J connectivity index is 1.93. The molecule has 2 amide bonds. The molecule has 3 aromatic rings. The van der Waals surface area contributed by atoms with Crippen LogP contribution in [0.4, 0.5) is 22.4 Å². The molecule has 14 heteroatoms. The van der Waals surface area contributed by atoms with E-state index in [4.69, 9.17) is 24.7 Å². The van der Waals surface area contributed by atoms with Crippen LogP contribution in [0.5, 0.6) is 11.5 Å². The van der Waals surface area contributed by atoms with Crippen LogP contribution >= 0.6 is 0 Å². The van der Waals surface area contributed by atoms with Gasteiger partial charge in [0.2, 0.25) is 5.89 Å². The van der Waals surface area contributed by atoms with Gasteiger partial charge >= 0.3 is 12.7 Å². The fourth-order valence-corrected chi connectivity index (χ4v) is 3.39. The number of nitrogens with zero attached hydrogens (tertiary/aromatic N) is 1. The van der Waals surface area contributed by atoms with Gasteiger partial charge in [-0.1, -0.05) is 6.07 Å². The summed E-state index contributed by atoms with van der Waals surface area (Å²) in [7, 11) is 0. The number of hydrogen-bond donors (Lipinski definition) is 3. The number of unbranched alkanes of at least 4 members (excludes halogenated alkanes) is 1. The van der Waals surface area contributed by atoms with Crippen LogP contribution in [0.3, 0.4) is 0 Å². The number of primary amides is 1. The Bertz CT molecular complexity index is 1300. The van der Waals surface area contributed by atoms with Gasteiger partial charge in [-0.15, -0.1) is 0 Å². The van der Waals surface area contributed by atoms with Gasteiger partial charge in [-0.05, 0) is 44.0 Å². The number of ether oxygens (including phenoxy) is 3. The highest BCUT2D eigenvalue weighted by Gasteiger charge is 2.27. The molecule has 4 N–H and O–H groups in total. The first-order valence-electron chi connectivity index (χ1n) is 11.6. The second kappa shape index (κ2) is 13.5. The summed E-state index contributed by atoms with van der Waals surface area (Å²) in [6, 6.07) is 6.65. The van der Waals surface area contributed by atoms with Gasteiger partial charge in [-0.2, -0.15) is 8.78 Å². The van der Waals surface area contributed by atoms with Crippen molar-refractivity contribution in [2.45, 2.75) is 39.0 Å². The van der Waals surface area contributed by atoms with Gasteiger partial charge in [0.25, 0.3) is 5.91 Å². The van der Waals surface area contributed by atoms with Crippen molar-refractivity contribution in [3.63, 3.8) is 0 Å². The zero-order valence-electron chi connectivity index (χ0n) is 20.6. The molecule has 0 aliphatic rings. The molecule has 0 saturated heterocycles. The summed E-state index contributed by atoms with van der Waals surface area (Å²) in [4.78, 5) is 28.4. The van der Waals surface area contributed by atoms with E-state index in [-0.39, 0.29) is 59.7 Å². The van der Waals surface area contributed by atoms with Crippen LogP contribution in [-0.2, 0) is 11.3 Å². The van der Waals surface area contributed by atoms with E-state index < -0.39 is 36.4 Å². The maximum atomic E-state index is 14.0. The minimum Gasteiger partial charge on any atom is -0.490 e. The molecule has 1 atom stereocenters. The number of carbonyl (C=O) groups excluding carboxylic acids is 2. The molecule has 0 aliphatic heterocycles. The van der Waals surface area contributed by atoms with Crippen molar-refractivity contribution in [3.05, 3.63) is 65.1 Å². The Hall–Kier alpha value is -4.33. The average molecular weight is 555 g/mol. The van der Waals surface area contributed by atoms with Gasteiger partial charge in [0.05, 0.1) is 6.61 Å². The van der Waals surface area contributed by atoms with E-state index in [0.29, 0.717) is 18.9 Å². The Morgan fingerprint density at radius 2 is 1.90 bits per heavy atom. The Labute approximate surface area is 219 Å². The molecule has 0 saturated carbocycles. The standard InChI is InChI=1S/C25H25F4N3O7/c1-13(37-25(30)35)21-20(22(34)31-12-15-4-6-16(26)11-17(15)27)32-23(39-21)14-5-7-18(38-24(28)29)19(10-14)36-9-3-2-8-33/h4-7,10-11,13,24,33H,2-3,8-9,12H2,1H3,(H2,30,35)(H,31,34). The predicted octanol–water partition coefficient (Wildman–Crippen LogP) is 4.46. The molecule has 1 unspecified atom stereocenters. The van der Waals surface area contributed by atoms with Crippen LogP contribution in [0.15, 0.2) is 40.8 Å². The lowest BCUT2D eigenvalue weighted by molar-refractivity contribution is -0.0515. The van der Waals surface area contributed by atoms with Crippen molar-refractivity contribution in [1.82, 2.24) is 10.3 Å². The van der Waals surface area contributed by atoms with E-state index in [9.17, 15) is 27.2 Å². The molecular formula is C25H25F4N3O7. The lowest BCUT2D eigenvalue weighted by Gasteiger charge is -2.13. The average Bonchev–Trinajstić information content (AvgIpc) is 3.32.